The minimum atomic E-state index is -0.834. The number of hydrogen-bond donors (Lipinski definition) is 0. The van der Waals surface area contributed by atoms with Gasteiger partial charge in [-0.15, -0.1) is 0 Å². The summed E-state index contributed by atoms with van der Waals surface area (Å²) in [6.45, 7) is 1.31. The highest BCUT2D eigenvalue weighted by Gasteiger charge is 2.53. The van der Waals surface area contributed by atoms with E-state index in [2.05, 4.69) is 0 Å². The van der Waals surface area contributed by atoms with Crippen LogP contribution in [0, 0.1) is 27.9 Å². The van der Waals surface area contributed by atoms with Crippen molar-refractivity contribution in [1.82, 2.24) is 10.0 Å². The molecule has 0 radical (unpaired) electrons. The molecule has 3 atom stereocenters. The molecule has 1 saturated heterocycles. The lowest BCUT2D eigenvalue weighted by molar-refractivity contribution is -0.384. The first-order chi connectivity index (χ1) is 16.6. The Morgan fingerprint density at radius 3 is 2.49 bits per heavy atom. The zero-order valence-corrected chi connectivity index (χ0v) is 20.2. The molecule has 0 unspecified atom stereocenters. The van der Waals surface area contributed by atoms with Crippen LogP contribution in [0.15, 0.2) is 42.5 Å². The Morgan fingerprint density at radius 1 is 1.09 bits per heavy atom. The van der Waals surface area contributed by atoms with E-state index >= 15 is 0 Å². The average Bonchev–Trinajstić information content (AvgIpc) is 3.06. The summed E-state index contributed by atoms with van der Waals surface area (Å²) >= 11 is 12.2. The molecule has 2 aliphatic rings. The first-order valence-corrected chi connectivity index (χ1v) is 11.8. The maximum Gasteiger partial charge on any atom is 0.274 e. The maximum absolute atomic E-state index is 13.6. The summed E-state index contributed by atoms with van der Waals surface area (Å²) in [5.41, 5.74) is -0.390. The van der Waals surface area contributed by atoms with Crippen LogP contribution in [-0.2, 0) is 9.59 Å². The quantitative estimate of drug-likeness (QED) is 0.240. The number of ketones is 1. The standard InChI is InChI=1S/C24H21Cl2N3O6/c1-13-5-7-17-19(9-13)24(33)28(23(17)32)27(22(31)18-8-6-15(25)11-20(18)26)12-21(30)14-3-2-4-16(10-14)29(34)35/h2-4,6,8,10-11,13,17,19H,5,7,9,12H2,1H3/t13-,17+,19+/m1/s1. The third-order valence-electron chi connectivity index (χ3n) is 6.47. The van der Waals surface area contributed by atoms with Gasteiger partial charge in [-0.1, -0.05) is 42.3 Å². The number of rotatable bonds is 6. The van der Waals surface area contributed by atoms with Gasteiger partial charge in [-0.3, -0.25) is 29.3 Å². The van der Waals surface area contributed by atoms with Gasteiger partial charge in [-0.2, -0.15) is 5.01 Å². The number of halogens is 2. The van der Waals surface area contributed by atoms with Crippen molar-refractivity contribution >= 4 is 52.4 Å². The number of carbonyl (C=O) groups excluding carboxylic acids is 4. The normalized spacial score (nSPS) is 21.6. The van der Waals surface area contributed by atoms with Crippen LogP contribution >= 0.6 is 23.2 Å². The summed E-state index contributed by atoms with van der Waals surface area (Å²) in [5, 5.41) is 12.9. The SMILES string of the molecule is C[C@@H]1CC[C@@H]2C(=O)N(N(CC(=O)c3cccc([N+](=O)[O-])c3)C(=O)c3ccc(Cl)cc3Cl)C(=O)[C@H]2C1. The lowest BCUT2D eigenvalue weighted by Gasteiger charge is -2.30. The molecule has 0 spiro atoms. The highest BCUT2D eigenvalue weighted by molar-refractivity contribution is 6.36. The van der Waals surface area contributed by atoms with E-state index in [4.69, 9.17) is 23.2 Å². The number of nitrogens with zero attached hydrogens (tertiary/aromatic N) is 3. The summed E-state index contributed by atoms with van der Waals surface area (Å²) in [6.07, 6.45) is 1.79. The van der Waals surface area contributed by atoms with Crippen molar-refractivity contribution in [1.29, 1.82) is 0 Å². The molecular weight excluding hydrogens is 497 g/mol. The third kappa shape index (κ3) is 4.78. The zero-order valence-electron chi connectivity index (χ0n) is 18.6. The molecule has 2 aromatic carbocycles. The Hall–Kier alpha value is -3.30. The number of amides is 3. The van der Waals surface area contributed by atoms with Gasteiger partial charge in [-0.05, 0) is 43.4 Å². The number of benzene rings is 2. The lowest BCUT2D eigenvalue weighted by Crippen LogP contribution is -2.52. The number of non-ortho nitro benzene ring substituents is 1. The van der Waals surface area contributed by atoms with Gasteiger partial charge in [0, 0.05) is 22.7 Å². The molecule has 9 nitrogen and oxygen atoms in total. The van der Waals surface area contributed by atoms with E-state index in [1.807, 2.05) is 6.92 Å². The number of carbonyl (C=O) groups is 4. The van der Waals surface area contributed by atoms with Crippen LogP contribution in [0.5, 0.6) is 0 Å². The monoisotopic (exact) mass is 517 g/mol. The summed E-state index contributed by atoms with van der Waals surface area (Å²) < 4.78 is 0. The smallest absolute Gasteiger partial charge is 0.274 e. The fourth-order valence-electron chi connectivity index (χ4n) is 4.67. The Morgan fingerprint density at radius 2 is 1.80 bits per heavy atom. The van der Waals surface area contributed by atoms with Crippen LogP contribution in [-0.4, -0.2) is 45.0 Å². The van der Waals surface area contributed by atoms with Crippen molar-refractivity contribution in [3.05, 3.63) is 73.8 Å². The van der Waals surface area contributed by atoms with Gasteiger partial charge in [0.15, 0.2) is 5.78 Å². The molecule has 182 valence electrons. The number of fused-ring (bicyclic) bond motifs is 1. The van der Waals surface area contributed by atoms with Gasteiger partial charge < -0.3 is 0 Å². The molecule has 11 heteroatoms. The third-order valence-corrected chi connectivity index (χ3v) is 7.02. The van der Waals surface area contributed by atoms with Crippen molar-refractivity contribution in [2.75, 3.05) is 6.54 Å². The van der Waals surface area contributed by atoms with Crippen molar-refractivity contribution in [2.24, 2.45) is 17.8 Å². The number of nitro benzene ring substituents is 1. The molecule has 0 bridgehead atoms. The van der Waals surface area contributed by atoms with Crippen molar-refractivity contribution in [3.63, 3.8) is 0 Å². The summed E-state index contributed by atoms with van der Waals surface area (Å²) in [4.78, 5) is 63.8. The van der Waals surface area contributed by atoms with Crippen LogP contribution in [0.1, 0.15) is 46.9 Å². The van der Waals surface area contributed by atoms with E-state index in [-0.39, 0.29) is 32.8 Å². The molecule has 2 fully saturated rings. The number of hydrazine groups is 1. The van der Waals surface area contributed by atoms with E-state index in [0.29, 0.717) is 12.8 Å². The van der Waals surface area contributed by atoms with Gasteiger partial charge in [0.1, 0.15) is 6.54 Å². The first kappa shape index (κ1) is 24.8. The molecule has 3 amide bonds. The minimum absolute atomic E-state index is 0.0135. The summed E-state index contributed by atoms with van der Waals surface area (Å²) in [7, 11) is 0. The summed E-state index contributed by atoms with van der Waals surface area (Å²) in [6, 6.07) is 9.13. The van der Waals surface area contributed by atoms with E-state index < -0.39 is 46.8 Å². The maximum atomic E-state index is 13.6. The van der Waals surface area contributed by atoms with Gasteiger partial charge in [0.05, 0.1) is 27.3 Å². The van der Waals surface area contributed by atoms with Gasteiger partial charge in [0.2, 0.25) is 0 Å². The second kappa shape index (κ2) is 9.75. The van der Waals surface area contributed by atoms with Gasteiger partial charge in [0.25, 0.3) is 23.4 Å². The van der Waals surface area contributed by atoms with Gasteiger partial charge >= 0.3 is 0 Å². The van der Waals surface area contributed by atoms with Crippen LogP contribution < -0.4 is 0 Å². The molecular formula is C24H21Cl2N3O6. The molecule has 35 heavy (non-hydrogen) atoms. The topological polar surface area (TPSA) is 118 Å². The second-order valence-electron chi connectivity index (χ2n) is 8.84. The number of hydrogen-bond acceptors (Lipinski definition) is 6. The van der Waals surface area contributed by atoms with Gasteiger partial charge in [-0.25, -0.2) is 5.01 Å². The predicted molar refractivity (Wildman–Crippen MR) is 127 cm³/mol. The molecule has 1 heterocycles. The molecule has 1 saturated carbocycles. The number of Topliss-reactive ketones (excluding diaryl/α,β-unsaturated/α-hetero) is 1. The number of imide groups is 1. The Balaban J connectivity index is 1.72. The minimum Gasteiger partial charge on any atom is -0.292 e. The molecule has 1 aliphatic heterocycles. The molecule has 4 rings (SSSR count). The van der Waals surface area contributed by atoms with Crippen LogP contribution in [0.4, 0.5) is 5.69 Å². The van der Waals surface area contributed by atoms with Crippen LogP contribution in [0.2, 0.25) is 10.0 Å². The van der Waals surface area contributed by atoms with Crippen LogP contribution in [0.3, 0.4) is 0 Å². The molecule has 0 N–H and O–H groups in total. The van der Waals surface area contributed by atoms with E-state index in [9.17, 15) is 29.3 Å². The first-order valence-electron chi connectivity index (χ1n) is 11.0. The van der Waals surface area contributed by atoms with E-state index in [1.54, 1.807) is 0 Å². The lowest BCUT2D eigenvalue weighted by atomic mass is 9.76. The highest BCUT2D eigenvalue weighted by Crippen LogP contribution is 2.41. The average molecular weight is 518 g/mol. The second-order valence-corrected chi connectivity index (χ2v) is 9.68. The van der Waals surface area contributed by atoms with E-state index in [1.165, 1.54) is 36.4 Å². The Bertz CT molecular complexity index is 1250. The Labute approximate surface area is 210 Å². The Kier molecular flexibility index (Phi) is 6.91. The van der Waals surface area contributed by atoms with Crippen molar-refractivity contribution < 1.29 is 24.1 Å². The highest BCUT2D eigenvalue weighted by atomic mass is 35.5. The van der Waals surface area contributed by atoms with E-state index in [0.717, 1.165) is 22.5 Å². The summed E-state index contributed by atoms with van der Waals surface area (Å²) in [5.74, 6) is -3.50. The predicted octanol–water partition coefficient (Wildman–Crippen LogP) is 4.56. The van der Waals surface area contributed by atoms with Crippen LogP contribution in [0.25, 0.3) is 0 Å². The fraction of sp³-hybridized carbons (Fsp3) is 0.333. The van der Waals surface area contributed by atoms with Crippen molar-refractivity contribution in [3.8, 4) is 0 Å². The number of nitro groups is 1. The zero-order chi connectivity index (χ0) is 25.4. The van der Waals surface area contributed by atoms with Crippen molar-refractivity contribution in [2.45, 2.75) is 26.2 Å². The molecule has 2 aromatic rings. The molecule has 1 aliphatic carbocycles. The molecule has 0 aromatic heterocycles. The fourth-order valence-corrected chi connectivity index (χ4v) is 5.15. The largest absolute Gasteiger partial charge is 0.292 e.